The van der Waals surface area contributed by atoms with Gasteiger partial charge in [0.15, 0.2) is 0 Å². The standard InChI is InChI=1S/C12H24N2/c1-2-12(5-3-4-6-12)9-14-11-7-10(13)8-11/h10-11,14H,2-9,13H2,1H3. The summed E-state index contributed by atoms with van der Waals surface area (Å²) in [4.78, 5) is 0. The molecule has 0 heterocycles. The molecule has 2 fully saturated rings. The summed E-state index contributed by atoms with van der Waals surface area (Å²) in [7, 11) is 0. The molecule has 82 valence electrons. The van der Waals surface area contributed by atoms with Gasteiger partial charge in [0.2, 0.25) is 0 Å². The Balaban J connectivity index is 1.72. The van der Waals surface area contributed by atoms with Crippen LogP contribution in [0.25, 0.3) is 0 Å². The zero-order valence-electron chi connectivity index (χ0n) is 9.39. The molecule has 0 atom stereocenters. The lowest BCUT2D eigenvalue weighted by molar-refractivity contribution is 0.214. The summed E-state index contributed by atoms with van der Waals surface area (Å²) < 4.78 is 0. The van der Waals surface area contributed by atoms with Crippen molar-refractivity contribution in [2.45, 2.75) is 64.0 Å². The van der Waals surface area contributed by atoms with Crippen LogP contribution in [0.15, 0.2) is 0 Å². The lowest BCUT2D eigenvalue weighted by atomic mass is 9.81. The van der Waals surface area contributed by atoms with Crippen LogP contribution in [-0.4, -0.2) is 18.6 Å². The second-order valence-electron chi connectivity index (χ2n) is 5.37. The largest absolute Gasteiger partial charge is 0.328 e. The van der Waals surface area contributed by atoms with Crippen molar-refractivity contribution in [3.63, 3.8) is 0 Å². The van der Waals surface area contributed by atoms with E-state index in [0.717, 1.165) is 6.04 Å². The molecule has 2 heteroatoms. The van der Waals surface area contributed by atoms with Crippen LogP contribution < -0.4 is 11.1 Å². The zero-order valence-corrected chi connectivity index (χ0v) is 9.39. The van der Waals surface area contributed by atoms with E-state index in [1.807, 2.05) is 0 Å². The first kappa shape index (κ1) is 10.4. The van der Waals surface area contributed by atoms with Crippen LogP contribution in [0.5, 0.6) is 0 Å². The first-order valence-electron chi connectivity index (χ1n) is 6.23. The molecule has 0 saturated heterocycles. The fraction of sp³-hybridized carbons (Fsp3) is 1.00. The van der Waals surface area contributed by atoms with Crippen molar-refractivity contribution in [3.8, 4) is 0 Å². The Morgan fingerprint density at radius 1 is 1.29 bits per heavy atom. The highest BCUT2D eigenvalue weighted by atomic mass is 15.0. The number of rotatable bonds is 4. The molecule has 2 rings (SSSR count). The molecule has 3 N–H and O–H groups in total. The van der Waals surface area contributed by atoms with Crippen molar-refractivity contribution in [1.29, 1.82) is 0 Å². The van der Waals surface area contributed by atoms with Gasteiger partial charge in [-0.05, 0) is 37.5 Å². The molecular weight excluding hydrogens is 172 g/mol. The molecule has 0 aromatic rings. The van der Waals surface area contributed by atoms with Crippen LogP contribution in [0.4, 0.5) is 0 Å². The van der Waals surface area contributed by atoms with Gasteiger partial charge in [-0.3, -0.25) is 0 Å². The predicted molar refractivity (Wildman–Crippen MR) is 60.2 cm³/mol. The fourth-order valence-electron chi connectivity index (χ4n) is 2.97. The third-order valence-electron chi connectivity index (χ3n) is 4.35. The minimum atomic E-state index is 0.480. The van der Waals surface area contributed by atoms with E-state index in [9.17, 15) is 0 Å². The van der Waals surface area contributed by atoms with E-state index >= 15 is 0 Å². The van der Waals surface area contributed by atoms with Crippen LogP contribution in [0.1, 0.15) is 51.9 Å². The maximum atomic E-state index is 5.78. The summed E-state index contributed by atoms with van der Waals surface area (Å²) in [6.07, 6.45) is 9.50. The zero-order chi connectivity index (χ0) is 10.0. The quantitative estimate of drug-likeness (QED) is 0.722. The second-order valence-corrected chi connectivity index (χ2v) is 5.37. The summed E-state index contributed by atoms with van der Waals surface area (Å²) >= 11 is 0. The van der Waals surface area contributed by atoms with Crippen molar-refractivity contribution >= 4 is 0 Å². The first-order chi connectivity index (χ1) is 6.74. The van der Waals surface area contributed by atoms with E-state index < -0.39 is 0 Å². The van der Waals surface area contributed by atoms with E-state index in [-0.39, 0.29) is 0 Å². The van der Waals surface area contributed by atoms with Gasteiger partial charge < -0.3 is 11.1 Å². The predicted octanol–water partition coefficient (Wildman–Crippen LogP) is 2.04. The highest BCUT2D eigenvalue weighted by Gasteiger charge is 2.34. The lowest BCUT2D eigenvalue weighted by Crippen LogP contribution is -2.50. The molecule has 0 aliphatic heterocycles. The Morgan fingerprint density at radius 3 is 2.43 bits per heavy atom. The molecule has 0 bridgehead atoms. The van der Waals surface area contributed by atoms with E-state index in [2.05, 4.69) is 12.2 Å². The molecule has 14 heavy (non-hydrogen) atoms. The highest BCUT2D eigenvalue weighted by Crippen LogP contribution is 2.40. The van der Waals surface area contributed by atoms with Crippen LogP contribution in [-0.2, 0) is 0 Å². The number of hydrogen-bond acceptors (Lipinski definition) is 2. The minimum Gasteiger partial charge on any atom is -0.328 e. The Morgan fingerprint density at radius 2 is 1.93 bits per heavy atom. The Labute approximate surface area is 87.6 Å². The van der Waals surface area contributed by atoms with E-state index in [0.29, 0.717) is 11.5 Å². The molecule has 0 unspecified atom stereocenters. The number of hydrogen-bond donors (Lipinski definition) is 2. The van der Waals surface area contributed by atoms with Gasteiger partial charge in [0.25, 0.3) is 0 Å². The Bertz CT molecular complexity index is 179. The van der Waals surface area contributed by atoms with Crippen molar-refractivity contribution < 1.29 is 0 Å². The molecule has 0 aromatic heterocycles. The van der Waals surface area contributed by atoms with Crippen molar-refractivity contribution in [1.82, 2.24) is 5.32 Å². The van der Waals surface area contributed by atoms with Gasteiger partial charge in [0.1, 0.15) is 0 Å². The second kappa shape index (κ2) is 4.19. The van der Waals surface area contributed by atoms with Gasteiger partial charge in [-0.25, -0.2) is 0 Å². The maximum absolute atomic E-state index is 5.78. The summed E-state index contributed by atoms with van der Waals surface area (Å²) in [5.74, 6) is 0. The minimum absolute atomic E-state index is 0.480. The Kier molecular flexibility index (Phi) is 3.13. The van der Waals surface area contributed by atoms with Crippen LogP contribution in [0.2, 0.25) is 0 Å². The summed E-state index contributed by atoms with van der Waals surface area (Å²) in [5.41, 5.74) is 6.42. The molecular formula is C12H24N2. The van der Waals surface area contributed by atoms with Gasteiger partial charge in [-0.1, -0.05) is 19.8 Å². The smallest absolute Gasteiger partial charge is 0.00967 e. The van der Waals surface area contributed by atoms with E-state index in [4.69, 9.17) is 5.73 Å². The number of nitrogens with one attached hydrogen (secondary N) is 1. The van der Waals surface area contributed by atoms with Crippen molar-refractivity contribution in [2.75, 3.05) is 6.54 Å². The van der Waals surface area contributed by atoms with Crippen molar-refractivity contribution in [3.05, 3.63) is 0 Å². The van der Waals surface area contributed by atoms with Gasteiger partial charge in [0.05, 0.1) is 0 Å². The van der Waals surface area contributed by atoms with E-state index in [1.165, 1.54) is 51.5 Å². The van der Waals surface area contributed by atoms with Crippen molar-refractivity contribution in [2.24, 2.45) is 11.1 Å². The lowest BCUT2D eigenvalue weighted by Gasteiger charge is -2.37. The molecule has 2 saturated carbocycles. The molecule has 0 amide bonds. The third kappa shape index (κ3) is 2.12. The van der Waals surface area contributed by atoms with Gasteiger partial charge in [-0.15, -0.1) is 0 Å². The van der Waals surface area contributed by atoms with Crippen LogP contribution >= 0.6 is 0 Å². The third-order valence-corrected chi connectivity index (χ3v) is 4.35. The summed E-state index contributed by atoms with van der Waals surface area (Å²) in [6.45, 7) is 3.58. The average Bonchev–Trinajstić information content (AvgIpc) is 2.60. The van der Waals surface area contributed by atoms with E-state index in [1.54, 1.807) is 0 Å². The van der Waals surface area contributed by atoms with Gasteiger partial charge >= 0.3 is 0 Å². The molecule has 0 aromatic carbocycles. The summed E-state index contributed by atoms with van der Waals surface area (Å²) in [5, 5.41) is 3.70. The fourth-order valence-corrected chi connectivity index (χ4v) is 2.97. The molecule has 2 aliphatic carbocycles. The maximum Gasteiger partial charge on any atom is 0.00967 e. The molecule has 0 radical (unpaired) electrons. The van der Waals surface area contributed by atoms with Crippen LogP contribution in [0, 0.1) is 5.41 Å². The topological polar surface area (TPSA) is 38.0 Å². The van der Waals surface area contributed by atoms with Gasteiger partial charge in [0, 0.05) is 18.6 Å². The molecule has 0 spiro atoms. The number of nitrogens with two attached hydrogens (primary N) is 1. The Hall–Kier alpha value is -0.0800. The average molecular weight is 196 g/mol. The highest BCUT2D eigenvalue weighted by molar-refractivity contribution is 4.92. The summed E-state index contributed by atoms with van der Waals surface area (Å²) in [6, 6.07) is 1.21. The van der Waals surface area contributed by atoms with Gasteiger partial charge in [-0.2, -0.15) is 0 Å². The molecule has 2 nitrogen and oxygen atoms in total. The van der Waals surface area contributed by atoms with Crippen LogP contribution in [0.3, 0.4) is 0 Å². The SMILES string of the molecule is CCC1(CNC2CC(N)C2)CCCC1. The monoisotopic (exact) mass is 196 g/mol. The molecule has 2 aliphatic rings. The first-order valence-corrected chi connectivity index (χ1v) is 6.23. The normalized spacial score (nSPS) is 35.6.